The van der Waals surface area contributed by atoms with E-state index in [-0.39, 0.29) is 5.91 Å². The molecule has 6 nitrogen and oxygen atoms in total. The van der Waals surface area contributed by atoms with E-state index in [0.717, 1.165) is 38.5 Å². The Morgan fingerprint density at radius 2 is 0.788 bits per heavy atom. The van der Waals surface area contributed by atoms with E-state index >= 15 is 0 Å². The van der Waals surface area contributed by atoms with Crippen LogP contribution in [0.15, 0.2) is 12.2 Å². The first-order valence-corrected chi connectivity index (χ1v) is 24.5. The molecular weight excluding hydrogens is 667 g/mol. The quantitative estimate of drug-likeness (QED) is 0.0327. The summed E-state index contributed by atoms with van der Waals surface area (Å²) in [5.41, 5.74) is 0. The van der Waals surface area contributed by atoms with Gasteiger partial charge < -0.3 is 10.4 Å². The lowest BCUT2D eigenvalue weighted by atomic mass is 10.0. The molecule has 0 saturated heterocycles. The zero-order chi connectivity index (χ0) is 38.2. The molecule has 52 heavy (non-hydrogen) atoms. The Balaban J connectivity index is 3.82. The van der Waals surface area contributed by atoms with E-state index < -0.39 is 28.0 Å². The molecule has 2 atom stereocenters. The topological polar surface area (TPSA) is 104 Å². The number of nitrogens with one attached hydrogen (secondary N) is 1. The summed E-state index contributed by atoms with van der Waals surface area (Å²) < 4.78 is 32.6. The minimum absolute atomic E-state index is 0.272. The van der Waals surface area contributed by atoms with Crippen LogP contribution in [0.5, 0.6) is 0 Å². The van der Waals surface area contributed by atoms with Gasteiger partial charge in [0.1, 0.15) is 0 Å². The third-order valence-electron chi connectivity index (χ3n) is 10.7. The molecule has 7 heteroatoms. The minimum Gasteiger partial charge on any atom is -0.387 e. The van der Waals surface area contributed by atoms with Crippen LogP contribution in [0.4, 0.5) is 0 Å². The van der Waals surface area contributed by atoms with Crippen molar-refractivity contribution in [2.75, 3.05) is 5.75 Å². The maximum absolute atomic E-state index is 12.5. The second-order valence-electron chi connectivity index (χ2n) is 16.0. The van der Waals surface area contributed by atoms with Crippen molar-refractivity contribution in [2.45, 2.75) is 264 Å². The SMILES string of the molecule is CCCCCCCCCCCCCCCCCC/C=C/C(O)C(CS(=O)(=O)O)NC(=O)CCCCCCCCCCCCCCCCCCCCC. The van der Waals surface area contributed by atoms with Crippen LogP contribution in [0.1, 0.15) is 251 Å². The Hall–Kier alpha value is -0.920. The highest BCUT2D eigenvalue weighted by molar-refractivity contribution is 7.85. The van der Waals surface area contributed by atoms with Gasteiger partial charge in [-0.3, -0.25) is 9.35 Å². The average Bonchev–Trinajstić information content (AvgIpc) is 3.11. The number of unbranched alkanes of at least 4 members (excludes halogenated alkanes) is 34. The van der Waals surface area contributed by atoms with E-state index in [0.29, 0.717) is 6.42 Å². The van der Waals surface area contributed by atoms with Gasteiger partial charge in [-0.1, -0.05) is 238 Å². The number of aliphatic hydroxyl groups excluding tert-OH is 1. The number of rotatable bonds is 42. The lowest BCUT2D eigenvalue weighted by molar-refractivity contribution is -0.122. The molecule has 0 saturated carbocycles. The Morgan fingerprint density at radius 1 is 0.500 bits per heavy atom. The van der Waals surface area contributed by atoms with Gasteiger partial charge in [0, 0.05) is 6.42 Å². The molecule has 0 bridgehead atoms. The third-order valence-corrected chi connectivity index (χ3v) is 11.5. The largest absolute Gasteiger partial charge is 0.387 e. The summed E-state index contributed by atoms with van der Waals surface area (Å²) in [5, 5.41) is 13.3. The zero-order valence-electron chi connectivity index (χ0n) is 34.7. The molecule has 0 heterocycles. The summed E-state index contributed by atoms with van der Waals surface area (Å²) in [7, 11) is -4.34. The number of allylic oxidation sites excluding steroid dienone is 1. The van der Waals surface area contributed by atoms with Crippen LogP contribution in [-0.4, -0.2) is 41.9 Å². The summed E-state index contributed by atoms with van der Waals surface area (Å²) in [5.74, 6) is -0.964. The summed E-state index contributed by atoms with van der Waals surface area (Å²) in [4.78, 5) is 12.5. The monoisotopic (exact) mass is 756 g/mol. The standard InChI is InChI=1S/C45H89NO5S/c1-3-5-7-9-11-13-15-17-19-21-23-25-27-29-31-33-35-37-39-41-45(48)46-43(42-52(49,50)51)44(47)40-38-36-34-32-30-28-26-24-22-20-18-16-14-12-10-8-6-4-2/h38,40,43-44,47H,3-37,39,41-42H2,1-2H3,(H,46,48)(H,49,50,51)/b40-38+. The second-order valence-corrected chi connectivity index (χ2v) is 17.5. The van der Waals surface area contributed by atoms with Crippen LogP contribution in [0.2, 0.25) is 0 Å². The Morgan fingerprint density at radius 3 is 1.10 bits per heavy atom. The smallest absolute Gasteiger partial charge is 0.267 e. The summed E-state index contributed by atoms with van der Waals surface area (Å²) in [6.07, 6.45) is 49.2. The first-order chi connectivity index (χ1) is 25.3. The molecule has 0 rings (SSSR count). The van der Waals surface area contributed by atoms with Gasteiger partial charge in [0.25, 0.3) is 10.1 Å². The molecule has 0 aromatic rings. The van der Waals surface area contributed by atoms with E-state index in [2.05, 4.69) is 19.2 Å². The van der Waals surface area contributed by atoms with Crippen LogP contribution in [-0.2, 0) is 14.9 Å². The number of hydrogen-bond donors (Lipinski definition) is 3. The van der Waals surface area contributed by atoms with Crippen molar-refractivity contribution in [3.05, 3.63) is 12.2 Å². The average molecular weight is 756 g/mol. The molecular formula is C45H89NO5S. The molecule has 2 unspecified atom stereocenters. The number of carbonyl (C=O) groups is 1. The molecule has 0 radical (unpaired) electrons. The normalized spacial score (nSPS) is 13.2. The van der Waals surface area contributed by atoms with Crippen molar-refractivity contribution in [1.29, 1.82) is 0 Å². The van der Waals surface area contributed by atoms with Gasteiger partial charge >= 0.3 is 0 Å². The molecule has 0 aliphatic carbocycles. The number of carbonyl (C=O) groups excluding carboxylic acids is 1. The van der Waals surface area contributed by atoms with E-state index in [4.69, 9.17) is 0 Å². The molecule has 0 aromatic carbocycles. The summed E-state index contributed by atoms with van der Waals surface area (Å²) in [6, 6.07) is -1.05. The number of amides is 1. The fraction of sp³-hybridized carbons (Fsp3) is 0.933. The van der Waals surface area contributed by atoms with Crippen LogP contribution in [0.25, 0.3) is 0 Å². The van der Waals surface area contributed by atoms with Gasteiger partial charge in [0.15, 0.2) is 0 Å². The summed E-state index contributed by atoms with van der Waals surface area (Å²) >= 11 is 0. The Kier molecular flexibility index (Phi) is 39.1. The van der Waals surface area contributed by atoms with E-state index in [1.807, 2.05) is 6.08 Å². The van der Waals surface area contributed by atoms with Gasteiger partial charge in [-0.2, -0.15) is 8.42 Å². The lowest BCUT2D eigenvalue weighted by Gasteiger charge is -2.21. The van der Waals surface area contributed by atoms with Crippen molar-refractivity contribution in [3.63, 3.8) is 0 Å². The lowest BCUT2D eigenvalue weighted by Crippen LogP contribution is -2.46. The van der Waals surface area contributed by atoms with Crippen molar-refractivity contribution in [2.24, 2.45) is 0 Å². The molecule has 0 spiro atoms. The van der Waals surface area contributed by atoms with Gasteiger partial charge in [-0.05, 0) is 19.3 Å². The van der Waals surface area contributed by atoms with Crippen molar-refractivity contribution in [1.82, 2.24) is 5.32 Å². The zero-order valence-corrected chi connectivity index (χ0v) is 35.5. The van der Waals surface area contributed by atoms with Crippen LogP contribution in [0, 0.1) is 0 Å². The van der Waals surface area contributed by atoms with Gasteiger partial charge in [0.05, 0.1) is 17.9 Å². The van der Waals surface area contributed by atoms with Crippen molar-refractivity contribution in [3.8, 4) is 0 Å². The third kappa shape index (κ3) is 40.3. The molecule has 310 valence electrons. The van der Waals surface area contributed by atoms with Gasteiger partial charge in [0.2, 0.25) is 5.91 Å². The fourth-order valence-electron chi connectivity index (χ4n) is 7.28. The molecule has 3 N–H and O–H groups in total. The van der Waals surface area contributed by atoms with Crippen LogP contribution in [0.3, 0.4) is 0 Å². The first kappa shape index (κ1) is 51.1. The highest BCUT2D eigenvalue weighted by atomic mass is 32.2. The first-order valence-electron chi connectivity index (χ1n) is 22.9. The second kappa shape index (κ2) is 39.8. The van der Waals surface area contributed by atoms with Crippen molar-refractivity contribution >= 4 is 16.0 Å². The maximum Gasteiger partial charge on any atom is 0.267 e. The Labute approximate surface area is 324 Å². The van der Waals surface area contributed by atoms with Gasteiger partial charge in [-0.25, -0.2) is 0 Å². The highest BCUT2D eigenvalue weighted by Crippen LogP contribution is 2.16. The van der Waals surface area contributed by atoms with E-state index in [1.165, 1.54) is 193 Å². The van der Waals surface area contributed by atoms with Crippen LogP contribution >= 0.6 is 0 Å². The number of hydrogen-bond acceptors (Lipinski definition) is 4. The molecule has 1 amide bonds. The molecule has 0 aliphatic rings. The van der Waals surface area contributed by atoms with Gasteiger partial charge in [-0.15, -0.1) is 0 Å². The molecule has 0 aromatic heterocycles. The van der Waals surface area contributed by atoms with Crippen molar-refractivity contribution < 1.29 is 22.9 Å². The fourth-order valence-corrected chi connectivity index (χ4v) is 8.01. The summed E-state index contributed by atoms with van der Waals surface area (Å²) in [6.45, 7) is 4.55. The predicted molar refractivity (Wildman–Crippen MR) is 226 cm³/mol. The van der Waals surface area contributed by atoms with E-state index in [1.54, 1.807) is 6.08 Å². The van der Waals surface area contributed by atoms with Crippen LogP contribution < -0.4 is 5.32 Å². The molecule has 0 fully saturated rings. The predicted octanol–water partition coefficient (Wildman–Crippen LogP) is 13.7. The minimum atomic E-state index is -4.34. The van der Waals surface area contributed by atoms with E-state index in [9.17, 15) is 22.9 Å². The highest BCUT2D eigenvalue weighted by Gasteiger charge is 2.24. The molecule has 0 aliphatic heterocycles. The maximum atomic E-state index is 12.5. The Bertz CT molecular complexity index is 877. The number of aliphatic hydroxyl groups is 1.